The molecule has 2 heterocycles. The molecular formula is C20H16N2O3S. The maximum absolute atomic E-state index is 12.5. The summed E-state index contributed by atoms with van der Waals surface area (Å²) >= 11 is 1.46. The molecule has 2 amide bonds. The van der Waals surface area contributed by atoms with Crippen molar-refractivity contribution in [2.75, 3.05) is 0 Å². The number of carbonyl (C=O) groups is 2. The molecule has 0 radical (unpaired) electrons. The molecule has 0 fully saturated rings. The van der Waals surface area contributed by atoms with E-state index >= 15 is 0 Å². The van der Waals surface area contributed by atoms with Gasteiger partial charge >= 0.3 is 0 Å². The first-order chi connectivity index (χ1) is 12.6. The lowest BCUT2D eigenvalue weighted by molar-refractivity contribution is 0.0954. The van der Waals surface area contributed by atoms with Crippen molar-refractivity contribution in [3.05, 3.63) is 76.2 Å². The van der Waals surface area contributed by atoms with Crippen LogP contribution in [0.1, 0.15) is 31.2 Å². The van der Waals surface area contributed by atoms with E-state index in [2.05, 4.69) is 5.32 Å². The molecule has 1 aliphatic rings. The number of carbonyl (C=O) groups excluding carboxylic acids is 2. The Bertz CT molecular complexity index is 1010. The Morgan fingerprint density at radius 1 is 1.12 bits per heavy atom. The minimum atomic E-state index is -0.484. The normalized spacial score (nSPS) is 11.8. The number of fused-ring (bicyclic) bond motifs is 3. The highest BCUT2D eigenvalue weighted by atomic mass is 32.1. The molecule has 1 aliphatic heterocycles. The Hall–Kier alpha value is -3.12. The van der Waals surface area contributed by atoms with Gasteiger partial charge in [-0.1, -0.05) is 24.3 Å². The average Bonchev–Trinajstić information content (AvgIpc) is 3.11. The number of amides is 2. The van der Waals surface area contributed by atoms with Crippen molar-refractivity contribution in [1.82, 2.24) is 5.32 Å². The molecule has 0 aliphatic carbocycles. The Kier molecular flexibility index (Phi) is 4.18. The van der Waals surface area contributed by atoms with Gasteiger partial charge in [0.2, 0.25) is 5.91 Å². The highest BCUT2D eigenvalue weighted by molar-refractivity contribution is 7.17. The smallest absolute Gasteiger partial charge is 0.261 e. The number of para-hydroxylation sites is 1. The zero-order chi connectivity index (χ0) is 18.1. The zero-order valence-corrected chi connectivity index (χ0v) is 14.6. The van der Waals surface area contributed by atoms with E-state index in [-0.39, 0.29) is 5.91 Å². The van der Waals surface area contributed by atoms with Crippen LogP contribution in [0.5, 0.6) is 5.75 Å². The molecule has 4 rings (SSSR count). The summed E-state index contributed by atoms with van der Waals surface area (Å²) in [5, 5.41) is 2.89. The Labute approximate surface area is 154 Å². The van der Waals surface area contributed by atoms with Crippen molar-refractivity contribution in [3.8, 4) is 16.2 Å². The van der Waals surface area contributed by atoms with Crippen LogP contribution in [0.15, 0.2) is 54.6 Å². The standard InChI is InChI=1S/C20H16N2O3S/c21-19(23)13-5-3-4-12(8-13)10-22-20(24)17-9-14-11-25-16-7-2-1-6-15(16)18(14)26-17/h1-9H,10-11H2,(H2,21,23)(H,22,24). The fraction of sp³-hybridized carbons (Fsp3) is 0.100. The minimum absolute atomic E-state index is 0.147. The van der Waals surface area contributed by atoms with E-state index in [0.29, 0.717) is 23.6 Å². The quantitative estimate of drug-likeness (QED) is 0.745. The molecule has 26 heavy (non-hydrogen) atoms. The number of ether oxygens (including phenoxy) is 1. The van der Waals surface area contributed by atoms with Gasteiger partial charge in [-0.25, -0.2) is 0 Å². The van der Waals surface area contributed by atoms with Crippen molar-refractivity contribution in [1.29, 1.82) is 0 Å². The Morgan fingerprint density at radius 3 is 2.81 bits per heavy atom. The first kappa shape index (κ1) is 16.4. The highest BCUT2D eigenvalue weighted by Gasteiger charge is 2.22. The Morgan fingerprint density at radius 2 is 1.96 bits per heavy atom. The second kappa shape index (κ2) is 6.65. The summed E-state index contributed by atoms with van der Waals surface area (Å²) in [5.74, 6) is 0.214. The number of nitrogens with one attached hydrogen (secondary N) is 1. The second-order valence-corrected chi connectivity index (χ2v) is 7.05. The van der Waals surface area contributed by atoms with Gasteiger partial charge in [-0.3, -0.25) is 9.59 Å². The maximum atomic E-state index is 12.5. The van der Waals surface area contributed by atoms with Crippen molar-refractivity contribution in [3.63, 3.8) is 0 Å². The van der Waals surface area contributed by atoms with E-state index in [1.807, 2.05) is 36.4 Å². The third-order valence-electron chi connectivity index (χ3n) is 4.21. The summed E-state index contributed by atoms with van der Waals surface area (Å²) in [7, 11) is 0. The molecule has 3 N–H and O–H groups in total. The average molecular weight is 364 g/mol. The number of hydrogen-bond donors (Lipinski definition) is 2. The summed E-state index contributed by atoms with van der Waals surface area (Å²) in [4.78, 5) is 25.5. The van der Waals surface area contributed by atoms with Crippen molar-refractivity contribution in [2.24, 2.45) is 5.73 Å². The zero-order valence-electron chi connectivity index (χ0n) is 13.8. The van der Waals surface area contributed by atoms with Crippen LogP contribution in [-0.4, -0.2) is 11.8 Å². The molecule has 130 valence electrons. The van der Waals surface area contributed by atoms with Crippen LogP contribution in [0.3, 0.4) is 0 Å². The largest absolute Gasteiger partial charge is 0.488 e. The fourth-order valence-electron chi connectivity index (χ4n) is 2.92. The lowest BCUT2D eigenvalue weighted by Gasteiger charge is -2.16. The van der Waals surface area contributed by atoms with Gasteiger partial charge in [-0.15, -0.1) is 11.3 Å². The molecule has 5 nitrogen and oxygen atoms in total. The molecule has 0 bridgehead atoms. The van der Waals surface area contributed by atoms with Crippen LogP contribution in [-0.2, 0) is 13.2 Å². The van der Waals surface area contributed by atoms with Gasteiger partial charge in [-0.2, -0.15) is 0 Å². The lowest BCUT2D eigenvalue weighted by Crippen LogP contribution is -2.22. The van der Waals surface area contributed by atoms with E-state index in [4.69, 9.17) is 10.5 Å². The van der Waals surface area contributed by atoms with E-state index in [1.165, 1.54) is 11.3 Å². The molecule has 1 aromatic heterocycles. The van der Waals surface area contributed by atoms with Crippen LogP contribution in [0.2, 0.25) is 0 Å². The number of rotatable bonds is 4. The monoisotopic (exact) mass is 364 g/mol. The van der Waals surface area contributed by atoms with E-state index in [9.17, 15) is 9.59 Å². The van der Waals surface area contributed by atoms with Gasteiger partial charge in [-0.05, 0) is 35.9 Å². The van der Waals surface area contributed by atoms with Gasteiger partial charge in [0.1, 0.15) is 12.4 Å². The number of primary amides is 1. The third-order valence-corrected chi connectivity index (χ3v) is 5.42. The van der Waals surface area contributed by atoms with Crippen LogP contribution in [0.25, 0.3) is 10.4 Å². The van der Waals surface area contributed by atoms with Gasteiger partial charge in [0.15, 0.2) is 0 Å². The molecule has 0 atom stereocenters. The van der Waals surface area contributed by atoms with E-state index in [1.54, 1.807) is 18.2 Å². The van der Waals surface area contributed by atoms with Crippen LogP contribution in [0, 0.1) is 0 Å². The second-order valence-electron chi connectivity index (χ2n) is 6.00. The summed E-state index contributed by atoms with van der Waals surface area (Å²) in [5.41, 5.74) is 8.58. The molecule has 0 saturated heterocycles. The van der Waals surface area contributed by atoms with Crippen molar-refractivity contribution >= 4 is 23.2 Å². The number of hydrogen-bond acceptors (Lipinski definition) is 4. The van der Waals surface area contributed by atoms with Gasteiger partial charge in [0.05, 0.1) is 4.88 Å². The predicted octanol–water partition coefficient (Wildman–Crippen LogP) is 3.34. The summed E-state index contributed by atoms with van der Waals surface area (Å²) in [6, 6.07) is 16.6. The molecule has 6 heteroatoms. The van der Waals surface area contributed by atoms with Gasteiger partial charge in [0.25, 0.3) is 5.91 Å². The highest BCUT2D eigenvalue weighted by Crippen LogP contribution is 2.42. The summed E-state index contributed by atoms with van der Waals surface area (Å²) < 4.78 is 5.74. The SMILES string of the molecule is NC(=O)c1cccc(CNC(=O)c2cc3c(s2)-c2ccccc2OC3)c1. The number of benzene rings is 2. The van der Waals surface area contributed by atoms with Gasteiger partial charge in [0, 0.05) is 28.1 Å². The molecule has 0 unspecified atom stereocenters. The molecule has 2 aromatic carbocycles. The summed E-state index contributed by atoms with van der Waals surface area (Å²) in [6.07, 6.45) is 0. The van der Waals surface area contributed by atoms with Crippen molar-refractivity contribution in [2.45, 2.75) is 13.2 Å². The van der Waals surface area contributed by atoms with Crippen LogP contribution >= 0.6 is 11.3 Å². The summed E-state index contributed by atoms with van der Waals surface area (Å²) in [6.45, 7) is 0.798. The number of thiophene rings is 1. The number of nitrogens with two attached hydrogens (primary N) is 1. The molecular weight excluding hydrogens is 348 g/mol. The topological polar surface area (TPSA) is 81.4 Å². The minimum Gasteiger partial charge on any atom is -0.488 e. The maximum Gasteiger partial charge on any atom is 0.261 e. The van der Waals surface area contributed by atoms with Gasteiger partial charge < -0.3 is 15.8 Å². The first-order valence-corrected chi connectivity index (χ1v) is 8.95. The molecule has 0 saturated carbocycles. The molecule has 0 spiro atoms. The van der Waals surface area contributed by atoms with E-state index < -0.39 is 5.91 Å². The third kappa shape index (κ3) is 3.07. The van der Waals surface area contributed by atoms with E-state index in [0.717, 1.165) is 27.3 Å². The lowest BCUT2D eigenvalue weighted by atomic mass is 10.1. The van der Waals surface area contributed by atoms with Crippen molar-refractivity contribution < 1.29 is 14.3 Å². The molecule has 3 aromatic rings. The predicted molar refractivity (Wildman–Crippen MR) is 100 cm³/mol. The first-order valence-electron chi connectivity index (χ1n) is 8.13. The Balaban J connectivity index is 1.51. The van der Waals surface area contributed by atoms with Crippen LogP contribution in [0.4, 0.5) is 0 Å². The van der Waals surface area contributed by atoms with Crippen LogP contribution < -0.4 is 15.8 Å². The fourth-order valence-corrected chi connectivity index (χ4v) is 4.03.